The van der Waals surface area contributed by atoms with Gasteiger partial charge in [-0.2, -0.15) is 0 Å². The summed E-state index contributed by atoms with van der Waals surface area (Å²) in [6, 6.07) is 10.7. The lowest BCUT2D eigenvalue weighted by Crippen LogP contribution is -2.21. The fourth-order valence-electron chi connectivity index (χ4n) is 2.30. The van der Waals surface area contributed by atoms with Crippen molar-refractivity contribution >= 4 is 38.4 Å². The molecular weight excluding hydrogens is 368 g/mol. The standard InChI is InChI=1S/C16H12BrClN2O2/c1-22-15-5-3-12(18)6-10(15)8-20-9-19-14-7-11(17)2-4-13(14)16(20)21/h2-7,9H,8H2,1H3. The Hall–Kier alpha value is -1.85. The fraction of sp³-hybridized carbons (Fsp3) is 0.125. The number of hydrogen-bond acceptors (Lipinski definition) is 3. The molecule has 2 aromatic carbocycles. The number of rotatable bonds is 3. The lowest BCUT2D eigenvalue weighted by molar-refractivity contribution is 0.408. The number of benzene rings is 2. The largest absolute Gasteiger partial charge is 0.496 e. The average molecular weight is 380 g/mol. The third-order valence-corrected chi connectivity index (χ3v) is 4.10. The van der Waals surface area contributed by atoms with Crippen LogP contribution < -0.4 is 10.3 Å². The van der Waals surface area contributed by atoms with E-state index in [2.05, 4.69) is 20.9 Å². The van der Waals surface area contributed by atoms with E-state index in [0.29, 0.717) is 28.2 Å². The third kappa shape index (κ3) is 2.87. The van der Waals surface area contributed by atoms with Crippen LogP contribution in [0, 0.1) is 0 Å². The van der Waals surface area contributed by atoms with E-state index in [0.717, 1.165) is 10.0 Å². The summed E-state index contributed by atoms with van der Waals surface area (Å²) in [6.45, 7) is 0.349. The molecule has 0 atom stereocenters. The van der Waals surface area contributed by atoms with Gasteiger partial charge in [-0.3, -0.25) is 9.36 Å². The van der Waals surface area contributed by atoms with Crippen LogP contribution >= 0.6 is 27.5 Å². The molecule has 4 nitrogen and oxygen atoms in total. The van der Waals surface area contributed by atoms with E-state index < -0.39 is 0 Å². The summed E-state index contributed by atoms with van der Waals surface area (Å²) < 4.78 is 7.75. The van der Waals surface area contributed by atoms with Gasteiger partial charge in [-0.15, -0.1) is 0 Å². The zero-order valence-electron chi connectivity index (χ0n) is 11.7. The lowest BCUT2D eigenvalue weighted by atomic mass is 10.2. The number of halogens is 2. The number of methoxy groups -OCH3 is 1. The van der Waals surface area contributed by atoms with Gasteiger partial charge in [0, 0.05) is 15.1 Å². The van der Waals surface area contributed by atoms with Gasteiger partial charge < -0.3 is 4.74 Å². The molecule has 0 aliphatic heterocycles. The summed E-state index contributed by atoms with van der Waals surface area (Å²) in [5.74, 6) is 0.687. The van der Waals surface area contributed by atoms with E-state index in [1.807, 2.05) is 12.1 Å². The number of aromatic nitrogens is 2. The predicted octanol–water partition coefficient (Wildman–Crippen LogP) is 3.87. The van der Waals surface area contributed by atoms with Gasteiger partial charge in [-0.25, -0.2) is 4.98 Å². The predicted molar refractivity (Wildman–Crippen MR) is 90.8 cm³/mol. The molecule has 1 heterocycles. The summed E-state index contributed by atoms with van der Waals surface area (Å²) in [5.41, 5.74) is 1.39. The second kappa shape index (κ2) is 6.10. The van der Waals surface area contributed by atoms with Crippen LogP contribution in [0.5, 0.6) is 5.75 Å². The summed E-state index contributed by atoms with van der Waals surface area (Å²) >= 11 is 9.40. The second-order valence-corrected chi connectivity index (χ2v) is 6.15. The maximum absolute atomic E-state index is 12.6. The minimum Gasteiger partial charge on any atom is -0.496 e. The Morgan fingerprint density at radius 3 is 2.86 bits per heavy atom. The third-order valence-electron chi connectivity index (χ3n) is 3.37. The molecule has 0 aliphatic rings. The molecule has 0 amide bonds. The SMILES string of the molecule is COc1ccc(Cl)cc1Cn1cnc2cc(Br)ccc2c1=O. The fourth-order valence-corrected chi connectivity index (χ4v) is 2.84. The van der Waals surface area contributed by atoms with E-state index in [1.165, 1.54) is 6.33 Å². The van der Waals surface area contributed by atoms with Crippen molar-refractivity contribution in [3.8, 4) is 5.75 Å². The molecule has 6 heteroatoms. The van der Waals surface area contributed by atoms with Crippen LogP contribution in [0.15, 0.2) is 52.0 Å². The second-order valence-electron chi connectivity index (χ2n) is 4.80. The van der Waals surface area contributed by atoms with Crippen LogP contribution in [-0.4, -0.2) is 16.7 Å². The molecule has 0 bridgehead atoms. The van der Waals surface area contributed by atoms with Crippen LogP contribution in [0.3, 0.4) is 0 Å². The van der Waals surface area contributed by atoms with E-state index in [-0.39, 0.29) is 5.56 Å². The highest BCUT2D eigenvalue weighted by atomic mass is 79.9. The van der Waals surface area contributed by atoms with Gasteiger partial charge >= 0.3 is 0 Å². The molecule has 0 aliphatic carbocycles. The van der Waals surface area contributed by atoms with Gasteiger partial charge in [0.15, 0.2) is 0 Å². The highest BCUT2D eigenvalue weighted by molar-refractivity contribution is 9.10. The highest BCUT2D eigenvalue weighted by Gasteiger charge is 2.09. The molecule has 0 unspecified atom stereocenters. The first-order valence-corrected chi connectivity index (χ1v) is 7.72. The molecule has 0 spiro atoms. The van der Waals surface area contributed by atoms with Crippen molar-refractivity contribution in [2.45, 2.75) is 6.54 Å². The normalized spacial score (nSPS) is 10.9. The summed E-state index contributed by atoms with van der Waals surface area (Å²) in [6.07, 6.45) is 1.54. The topological polar surface area (TPSA) is 44.1 Å². The monoisotopic (exact) mass is 378 g/mol. The summed E-state index contributed by atoms with van der Waals surface area (Å²) in [7, 11) is 1.59. The van der Waals surface area contributed by atoms with Gasteiger partial charge in [0.25, 0.3) is 5.56 Å². The summed E-state index contributed by atoms with van der Waals surface area (Å²) in [4.78, 5) is 16.9. The lowest BCUT2D eigenvalue weighted by Gasteiger charge is -2.11. The molecule has 1 aromatic heterocycles. The van der Waals surface area contributed by atoms with Crippen molar-refractivity contribution in [3.05, 3.63) is 68.1 Å². The van der Waals surface area contributed by atoms with Crippen LogP contribution in [-0.2, 0) is 6.54 Å². The number of ether oxygens (including phenoxy) is 1. The zero-order chi connectivity index (χ0) is 15.7. The zero-order valence-corrected chi connectivity index (χ0v) is 14.1. The molecule has 3 aromatic rings. The Morgan fingerprint density at radius 1 is 1.27 bits per heavy atom. The smallest absolute Gasteiger partial charge is 0.261 e. The molecule has 22 heavy (non-hydrogen) atoms. The van der Waals surface area contributed by atoms with E-state index in [9.17, 15) is 4.79 Å². The molecule has 0 saturated carbocycles. The van der Waals surface area contributed by atoms with Crippen molar-refractivity contribution in [2.75, 3.05) is 7.11 Å². The van der Waals surface area contributed by atoms with Crippen molar-refractivity contribution in [2.24, 2.45) is 0 Å². The maximum atomic E-state index is 12.6. The van der Waals surface area contributed by atoms with Crippen LogP contribution in [0.1, 0.15) is 5.56 Å². The number of nitrogens with zero attached hydrogens (tertiary/aromatic N) is 2. The van der Waals surface area contributed by atoms with Gasteiger partial charge in [0.1, 0.15) is 5.75 Å². The number of hydrogen-bond donors (Lipinski definition) is 0. The Balaban J connectivity index is 2.08. The van der Waals surface area contributed by atoms with Crippen LogP contribution in [0.4, 0.5) is 0 Å². The van der Waals surface area contributed by atoms with Crippen LogP contribution in [0.25, 0.3) is 10.9 Å². The Labute approximate surface area is 140 Å². The average Bonchev–Trinajstić information content (AvgIpc) is 2.50. The Bertz CT molecular complexity index is 908. The molecule has 0 N–H and O–H groups in total. The minimum atomic E-state index is -0.0977. The van der Waals surface area contributed by atoms with Crippen LogP contribution in [0.2, 0.25) is 5.02 Å². The minimum absolute atomic E-state index is 0.0977. The van der Waals surface area contributed by atoms with Gasteiger partial charge in [0.2, 0.25) is 0 Å². The first-order chi connectivity index (χ1) is 10.6. The molecule has 0 fully saturated rings. The molecule has 0 saturated heterocycles. The van der Waals surface area contributed by atoms with Gasteiger partial charge in [-0.05, 0) is 36.4 Å². The van der Waals surface area contributed by atoms with Crippen molar-refractivity contribution in [3.63, 3.8) is 0 Å². The van der Waals surface area contributed by atoms with Gasteiger partial charge in [0.05, 0.1) is 30.9 Å². The van der Waals surface area contributed by atoms with Crippen molar-refractivity contribution in [1.29, 1.82) is 0 Å². The summed E-state index contributed by atoms with van der Waals surface area (Å²) in [5, 5.41) is 1.17. The van der Waals surface area contributed by atoms with Gasteiger partial charge in [-0.1, -0.05) is 27.5 Å². The first kappa shape index (κ1) is 15.1. The molecule has 3 rings (SSSR count). The first-order valence-electron chi connectivity index (χ1n) is 6.55. The Kier molecular flexibility index (Phi) is 4.18. The van der Waals surface area contributed by atoms with Crippen molar-refractivity contribution < 1.29 is 4.74 Å². The maximum Gasteiger partial charge on any atom is 0.261 e. The highest BCUT2D eigenvalue weighted by Crippen LogP contribution is 2.23. The molecule has 112 valence electrons. The quantitative estimate of drug-likeness (QED) is 0.694. The number of fused-ring (bicyclic) bond motifs is 1. The van der Waals surface area contributed by atoms with Crippen molar-refractivity contribution in [1.82, 2.24) is 9.55 Å². The van der Waals surface area contributed by atoms with E-state index >= 15 is 0 Å². The molecule has 0 radical (unpaired) electrons. The Morgan fingerprint density at radius 2 is 2.09 bits per heavy atom. The molecular formula is C16H12BrClN2O2. The van der Waals surface area contributed by atoms with E-state index in [4.69, 9.17) is 16.3 Å². The van der Waals surface area contributed by atoms with E-state index in [1.54, 1.807) is 35.9 Å².